The Bertz CT molecular complexity index is 1090. The van der Waals surface area contributed by atoms with E-state index in [0.717, 1.165) is 44.9 Å². The molecule has 4 N–H and O–H groups in total. The van der Waals surface area contributed by atoms with Crippen molar-refractivity contribution >= 4 is 39.9 Å². The van der Waals surface area contributed by atoms with Crippen molar-refractivity contribution in [2.75, 3.05) is 6.61 Å². The maximum Gasteiger partial charge on any atom is 0.290 e. The molecule has 1 aliphatic heterocycles. The molecule has 6 nitrogen and oxygen atoms in total. The summed E-state index contributed by atoms with van der Waals surface area (Å²) in [5.41, 5.74) is 4.44. The minimum atomic E-state index is -0.384. The maximum absolute atomic E-state index is 11.7. The molecule has 4 rings (SSSR count). The number of carbonyl (C=O) groups excluding carboxylic acids is 2. The number of aromatic nitrogens is 1. The standard InChI is InChI=1S/C21H18N2O4S/c24-10-13-3-6-18-15(7-13)16(9-22-18)17(11-25)14-4-1-12(2-5-14)8-19-20(26)23-21(27)28-19/h1-9,17,22,24-25H,10-11H2,(H,23,26,27)/b19-8+. The SMILES string of the molecule is O=C1NC(=O)/C(=C\c2ccc(C(CO)c3c[nH]c4ccc(CO)cc34)cc2)S1. The Morgan fingerprint density at radius 3 is 2.50 bits per heavy atom. The van der Waals surface area contributed by atoms with Crippen molar-refractivity contribution in [1.82, 2.24) is 10.3 Å². The lowest BCUT2D eigenvalue weighted by molar-refractivity contribution is -0.115. The Morgan fingerprint density at radius 2 is 1.86 bits per heavy atom. The van der Waals surface area contributed by atoms with E-state index in [1.807, 2.05) is 48.7 Å². The Morgan fingerprint density at radius 1 is 1.07 bits per heavy atom. The summed E-state index contributed by atoms with van der Waals surface area (Å²) in [6.45, 7) is -0.106. The van der Waals surface area contributed by atoms with Crippen LogP contribution in [-0.4, -0.2) is 33.0 Å². The highest BCUT2D eigenvalue weighted by Crippen LogP contribution is 2.32. The number of hydrogen-bond acceptors (Lipinski definition) is 5. The van der Waals surface area contributed by atoms with Crippen LogP contribution >= 0.6 is 11.8 Å². The van der Waals surface area contributed by atoms with Gasteiger partial charge in [-0.1, -0.05) is 30.3 Å². The minimum Gasteiger partial charge on any atom is -0.395 e. The molecule has 2 amide bonds. The predicted octanol–water partition coefficient (Wildman–Crippen LogP) is 3.11. The lowest BCUT2D eigenvalue weighted by Crippen LogP contribution is -2.17. The number of hydrogen-bond donors (Lipinski definition) is 4. The van der Waals surface area contributed by atoms with Crippen molar-refractivity contribution in [2.24, 2.45) is 0 Å². The number of thioether (sulfide) groups is 1. The molecule has 0 spiro atoms. The molecule has 0 saturated carbocycles. The molecule has 2 aromatic carbocycles. The van der Waals surface area contributed by atoms with E-state index >= 15 is 0 Å². The van der Waals surface area contributed by atoms with Crippen LogP contribution in [0.25, 0.3) is 17.0 Å². The summed E-state index contributed by atoms with van der Waals surface area (Å²) in [6.07, 6.45) is 3.55. The normalized spacial score (nSPS) is 16.7. The van der Waals surface area contributed by atoms with Crippen LogP contribution in [0.5, 0.6) is 0 Å². The molecule has 142 valence electrons. The lowest BCUT2D eigenvalue weighted by Gasteiger charge is -2.15. The van der Waals surface area contributed by atoms with Gasteiger partial charge in [0.2, 0.25) is 0 Å². The topological polar surface area (TPSA) is 102 Å². The van der Waals surface area contributed by atoms with Crippen molar-refractivity contribution in [1.29, 1.82) is 0 Å². The van der Waals surface area contributed by atoms with Crippen LogP contribution in [0.2, 0.25) is 0 Å². The van der Waals surface area contributed by atoms with E-state index in [4.69, 9.17) is 0 Å². The first-order valence-corrected chi connectivity index (χ1v) is 9.57. The van der Waals surface area contributed by atoms with E-state index in [9.17, 15) is 19.8 Å². The summed E-state index contributed by atoms with van der Waals surface area (Å²) >= 11 is 0.883. The molecule has 0 bridgehead atoms. The number of H-pyrrole nitrogens is 1. The molecule has 2 heterocycles. The number of aliphatic hydroxyl groups is 2. The quantitative estimate of drug-likeness (QED) is 0.498. The monoisotopic (exact) mass is 394 g/mol. The number of aliphatic hydroxyl groups excluding tert-OH is 2. The number of nitrogens with one attached hydrogen (secondary N) is 2. The van der Waals surface area contributed by atoms with Gasteiger partial charge in [0.1, 0.15) is 0 Å². The van der Waals surface area contributed by atoms with Crippen molar-refractivity contribution < 1.29 is 19.8 Å². The van der Waals surface area contributed by atoms with Crippen molar-refractivity contribution in [2.45, 2.75) is 12.5 Å². The summed E-state index contributed by atoms with van der Waals surface area (Å²) in [5, 5.41) is 22.3. The van der Waals surface area contributed by atoms with Gasteiger partial charge in [0, 0.05) is 23.0 Å². The van der Waals surface area contributed by atoms with Crippen LogP contribution < -0.4 is 5.32 Å². The van der Waals surface area contributed by atoms with E-state index in [2.05, 4.69) is 10.3 Å². The summed E-state index contributed by atoms with van der Waals surface area (Å²) in [4.78, 5) is 26.5. The second-order valence-corrected chi connectivity index (χ2v) is 7.55. The molecule has 1 saturated heterocycles. The second-order valence-electron chi connectivity index (χ2n) is 6.54. The molecule has 1 unspecified atom stereocenters. The van der Waals surface area contributed by atoms with E-state index in [1.54, 1.807) is 6.08 Å². The minimum absolute atomic E-state index is 0.0399. The molecule has 28 heavy (non-hydrogen) atoms. The molecule has 1 fully saturated rings. The Hall–Kier alpha value is -2.87. The molecule has 0 radical (unpaired) electrons. The molecule has 3 aromatic rings. The molecule has 7 heteroatoms. The van der Waals surface area contributed by atoms with E-state index < -0.39 is 0 Å². The summed E-state index contributed by atoms with van der Waals surface area (Å²) in [5.74, 6) is -0.610. The molecule has 1 aromatic heterocycles. The summed E-state index contributed by atoms with van der Waals surface area (Å²) in [6, 6.07) is 13.2. The molecule has 1 aliphatic rings. The van der Waals surface area contributed by atoms with Gasteiger partial charge < -0.3 is 15.2 Å². The van der Waals surface area contributed by atoms with Gasteiger partial charge in [-0.25, -0.2) is 0 Å². The van der Waals surface area contributed by atoms with E-state index in [0.29, 0.717) is 4.91 Å². The third-order valence-corrected chi connectivity index (χ3v) is 5.61. The van der Waals surface area contributed by atoms with Gasteiger partial charge in [0.25, 0.3) is 11.1 Å². The number of amides is 2. The van der Waals surface area contributed by atoms with Gasteiger partial charge in [-0.2, -0.15) is 0 Å². The Labute approximate surface area is 165 Å². The van der Waals surface area contributed by atoms with Crippen LogP contribution in [0.3, 0.4) is 0 Å². The molecule has 1 atom stereocenters. The number of imide groups is 1. The third-order valence-electron chi connectivity index (χ3n) is 4.80. The number of fused-ring (bicyclic) bond motifs is 1. The average Bonchev–Trinajstić information content (AvgIpc) is 3.26. The lowest BCUT2D eigenvalue weighted by atomic mass is 9.91. The highest BCUT2D eigenvalue weighted by atomic mass is 32.2. The Balaban J connectivity index is 1.65. The highest BCUT2D eigenvalue weighted by molar-refractivity contribution is 8.18. The molecular formula is C21H18N2O4S. The number of benzene rings is 2. The van der Waals surface area contributed by atoms with Crippen LogP contribution in [-0.2, 0) is 11.4 Å². The van der Waals surface area contributed by atoms with Gasteiger partial charge in [-0.3, -0.25) is 14.9 Å². The number of aromatic amines is 1. The molecular weight excluding hydrogens is 376 g/mol. The van der Waals surface area contributed by atoms with Crippen LogP contribution in [0.15, 0.2) is 53.6 Å². The predicted molar refractivity (Wildman–Crippen MR) is 109 cm³/mol. The second kappa shape index (κ2) is 7.63. The number of carbonyl (C=O) groups is 2. The van der Waals surface area contributed by atoms with Crippen molar-refractivity contribution in [3.63, 3.8) is 0 Å². The van der Waals surface area contributed by atoms with Gasteiger partial charge >= 0.3 is 0 Å². The fourth-order valence-corrected chi connectivity index (χ4v) is 4.04. The van der Waals surface area contributed by atoms with Gasteiger partial charge in [0.15, 0.2) is 0 Å². The maximum atomic E-state index is 11.7. The van der Waals surface area contributed by atoms with Crippen molar-refractivity contribution in [3.8, 4) is 0 Å². The third kappa shape index (κ3) is 3.47. The first-order chi connectivity index (χ1) is 13.6. The zero-order valence-electron chi connectivity index (χ0n) is 14.8. The average molecular weight is 394 g/mol. The molecule has 0 aliphatic carbocycles. The van der Waals surface area contributed by atoms with Crippen molar-refractivity contribution in [3.05, 3.63) is 75.8 Å². The first kappa shape index (κ1) is 18.5. The van der Waals surface area contributed by atoms with E-state index in [1.165, 1.54) is 0 Å². The van der Waals surface area contributed by atoms with Gasteiger partial charge in [-0.05, 0) is 52.2 Å². The largest absolute Gasteiger partial charge is 0.395 e. The fraction of sp³-hybridized carbons (Fsp3) is 0.143. The van der Waals surface area contributed by atoms with Crippen LogP contribution in [0, 0.1) is 0 Å². The van der Waals surface area contributed by atoms with Crippen LogP contribution in [0.1, 0.15) is 28.2 Å². The zero-order valence-corrected chi connectivity index (χ0v) is 15.6. The van der Waals surface area contributed by atoms with E-state index in [-0.39, 0.29) is 30.3 Å². The Kier molecular flexibility index (Phi) is 5.04. The first-order valence-electron chi connectivity index (χ1n) is 8.75. The van der Waals surface area contributed by atoms with Gasteiger partial charge in [-0.15, -0.1) is 0 Å². The zero-order chi connectivity index (χ0) is 19.7. The van der Waals surface area contributed by atoms with Crippen LogP contribution in [0.4, 0.5) is 4.79 Å². The highest BCUT2D eigenvalue weighted by Gasteiger charge is 2.25. The summed E-state index contributed by atoms with van der Waals surface area (Å²) in [7, 11) is 0. The van der Waals surface area contributed by atoms with Gasteiger partial charge in [0.05, 0.1) is 18.1 Å². The smallest absolute Gasteiger partial charge is 0.290 e. The fourth-order valence-electron chi connectivity index (χ4n) is 3.36. The number of rotatable bonds is 5. The summed E-state index contributed by atoms with van der Waals surface area (Å²) < 4.78 is 0.